The van der Waals surface area contributed by atoms with Crippen LogP contribution in [-0.2, 0) is 9.59 Å². The van der Waals surface area contributed by atoms with Crippen LogP contribution in [0.15, 0.2) is 42.7 Å². The molecule has 26 heavy (non-hydrogen) atoms. The van der Waals surface area contributed by atoms with Gasteiger partial charge in [0.2, 0.25) is 11.8 Å². The second kappa shape index (κ2) is 8.82. The molecule has 1 fully saturated rings. The second-order valence-corrected chi connectivity index (χ2v) is 7.56. The van der Waals surface area contributed by atoms with Crippen molar-refractivity contribution in [1.82, 2.24) is 15.2 Å². The van der Waals surface area contributed by atoms with Crippen LogP contribution in [0.25, 0.3) is 6.08 Å². The number of likely N-dealkylation sites (tertiary alicyclic amines) is 1. The summed E-state index contributed by atoms with van der Waals surface area (Å²) in [5.74, 6) is -0.313. The SMILES string of the molecule is O=C(C=Cc1ccc(Cl)s1)NC1CCN(CCNc2ccncc2)C1=O. The summed E-state index contributed by atoms with van der Waals surface area (Å²) in [5.41, 5.74) is 0.968. The second-order valence-electron chi connectivity index (χ2n) is 5.81. The summed E-state index contributed by atoms with van der Waals surface area (Å²) in [6.07, 6.45) is 7.18. The average Bonchev–Trinajstić information content (AvgIpc) is 3.21. The summed E-state index contributed by atoms with van der Waals surface area (Å²) in [5, 5.41) is 6.02. The lowest BCUT2D eigenvalue weighted by Crippen LogP contribution is -2.41. The maximum atomic E-state index is 12.4. The van der Waals surface area contributed by atoms with E-state index in [0.29, 0.717) is 30.4 Å². The standard InChI is InChI=1S/C18H19ClN4O2S/c19-16-3-1-14(26-16)2-4-17(24)22-15-7-11-23(18(15)25)12-10-21-13-5-8-20-9-6-13/h1-6,8-9,15H,7,10-12H2,(H,20,21)(H,22,24). The van der Waals surface area contributed by atoms with Crippen molar-refractivity contribution in [1.29, 1.82) is 0 Å². The van der Waals surface area contributed by atoms with Gasteiger partial charge in [0.1, 0.15) is 6.04 Å². The van der Waals surface area contributed by atoms with Gasteiger partial charge >= 0.3 is 0 Å². The van der Waals surface area contributed by atoms with Crippen LogP contribution in [0.3, 0.4) is 0 Å². The molecule has 2 aromatic rings. The molecule has 1 aliphatic rings. The highest BCUT2D eigenvalue weighted by molar-refractivity contribution is 7.17. The Morgan fingerprint density at radius 3 is 2.88 bits per heavy atom. The summed E-state index contributed by atoms with van der Waals surface area (Å²) in [6.45, 7) is 1.89. The molecule has 3 heterocycles. The number of nitrogens with one attached hydrogen (secondary N) is 2. The maximum Gasteiger partial charge on any atom is 0.245 e. The Morgan fingerprint density at radius 1 is 1.35 bits per heavy atom. The lowest BCUT2D eigenvalue weighted by Gasteiger charge is -2.17. The molecule has 3 rings (SSSR count). The topological polar surface area (TPSA) is 74.3 Å². The first-order valence-electron chi connectivity index (χ1n) is 8.28. The first kappa shape index (κ1) is 18.4. The highest BCUT2D eigenvalue weighted by atomic mass is 35.5. The Balaban J connectivity index is 1.43. The van der Waals surface area contributed by atoms with Crippen molar-refractivity contribution in [3.05, 3.63) is 51.9 Å². The summed E-state index contributed by atoms with van der Waals surface area (Å²) < 4.78 is 0.673. The Kier molecular flexibility index (Phi) is 6.25. The molecule has 0 radical (unpaired) electrons. The summed E-state index contributed by atoms with van der Waals surface area (Å²) in [4.78, 5) is 31.0. The fourth-order valence-corrected chi connectivity index (χ4v) is 3.66. The number of carbonyl (C=O) groups excluding carboxylic acids is 2. The molecule has 2 amide bonds. The fraction of sp³-hybridized carbons (Fsp3) is 0.278. The van der Waals surface area contributed by atoms with E-state index in [1.807, 2.05) is 18.2 Å². The number of pyridine rings is 1. The third-order valence-electron chi connectivity index (χ3n) is 4.00. The molecule has 1 aliphatic heterocycles. The van der Waals surface area contributed by atoms with Crippen LogP contribution in [0.5, 0.6) is 0 Å². The number of rotatable bonds is 7. The fourth-order valence-electron chi connectivity index (χ4n) is 2.70. The Labute approximate surface area is 160 Å². The molecule has 0 spiro atoms. The van der Waals surface area contributed by atoms with Gasteiger partial charge in [0.25, 0.3) is 0 Å². The molecule has 1 unspecified atom stereocenters. The van der Waals surface area contributed by atoms with E-state index in [1.54, 1.807) is 29.4 Å². The van der Waals surface area contributed by atoms with E-state index < -0.39 is 6.04 Å². The van der Waals surface area contributed by atoms with E-state index in [4.69, 9.17) is 11.6 Å². The van der Waals surface area contributed by atoms with E-state index in [2.05, 4.69) is 15.6 Å². The largest absolute Gasteiger partial charge is 0.383 e. The van der Waals surface area contributed by atoms with Crippen molar-refractivity contribution >= 4 is 46.5 Å². The Hall–Kier alpha value is -2.38. The minimum Gasteiger partial charge on any atom is -0.383 e. The van der Waals surface area contributed by atoms with Gasteiger partial charge in [-0.25, -0.2) is 0 Å². The van der Waals surface area contributed by atoms with Crippen molar-refractivity contribution in [3.63, 3.8) is 0 Å². The van der Waals surface area contributed by atoms with Crippen molar-refractivity contribution in [3.8, 4) is 0 Å². The number of carbonyl (C=O) groups is 2. The van der Waals surface area contributed by atoms with Gasteiger partial charge in [-0.05, 0) is 36.8 Å². The molecule has 0 aromatic carbocycles. The van der Waals surface area contributed by atoms with Crippen LogP contribution in [0, 0.1) is 0 Å². The molecule has 2 N–H and O–H groups in total. The molecule has 0 aliphatic carbocycles. The maximum absolute atomic E-state index is 12.4. The van der Waals surface area contributed by atoms with Gasteiger partial charge in [-0.3, -0.25) is 14.6 Å². The summed E-state index contributed by atoms with van der Waals surface area (Å²) in [7, 11) is 0. The average molecular weight is 391 g/mol. The van der Waals surface area contributed by atoms with Crippen molar-refractivity contribution in [2.75, 3.05) is 25.0 Å². The predicted octanol–water partition coefficient (Wildman–Crippen LogP) is 2.64. The minimum atomic E-state index is -0.458. The zero-order valence-corrected chi connectivity index (χ0v) is 15.6. The van der Waals surface area contributed by atoms with Crippen LogP contribution in [-0.4, -0.2) is 47.4 Å². The van der Waals surface area contributed by atoms with E-state index in [0.717, 1.165) is 10.6 Å². The van der Waals surface area contributed by atoms with Gasteiger partial charge in [-0.15, -0.1) is 11.3 Å². The van der Waals surface area contributed by atoms with Gasteiger partial charge in [0, 0.05) is 48.7 Å². The zero-order valence-electron chi connectivity index (χ0n) is 14.0. The number of amides is 2. The molecule has 6 nitrogen and oxygen atoms in total. The predicted molar refractivity (Wildman–Crippen MR) is 104 cm³/mol. The normalized spacial score (nSPS) is 17.0. The van der Waals surface area contributed by atoms with Gasteiger partial charge in [0.15, 0.2) is 0 Å². The quantitative estimate of drug-likeness (QED) is 0.713. The third-order valence-corrected chi connectivity index (χ3v) is 5.19. The van der Waals surface area contributed by atoms with Gasteiger partial charge in [-0.1, -0.05) is 11.6 Å². The smallest absolute Gasteiger partial charge is 0.245 e. The van der Waals surface area contributed by atoms with Crippen LogP contribution < -0.4 is 10.6 Å². The molecule has 1 atom stereocenters. The van der Waals surface area contributed by atoms with E-state index in [-0.39, 0.29) is 11.8 Å². The molecule has 2 aromatic heterocycles. The molecular formula is C18H19ClN4O2S. The van der Waals surface area contributed by atoms with Gasteiger partial charge in [-0.2, -0.15) is 0 Å². The first-order valence-corrected chi connectivity index (χ1v) is 9.48. The van der Waals surface area contributed by atoms with E-state index in [9.17, 15) is 9.59 Å². The van der Waals surface area contributed by atoms with Crippen molar-refractivity contribution in [2.24, 2.45) is 0 Å². The Morgan fingerprint density at radius 2 is 2.15 bits per heavy atom. The third kappa shape index (κ3) is 5.06. The molecule has 0 bridgehead atoms. The minimum absolute atomic E-state index is 0.0394. The van der Waals surface area contributed by atoms with Crippen LogP contribution in [0.4, 0.5) is 5.69 Å². The highest BCUT2D eigenvalue weighted by Gasteiger charge is 2.31. The lowest BCUT2D eigenvalue weighted by molar-refractivity contribution is -0.131. The molecule has 0 saturated carbocycles. The number of halogens is 1. The Bertz CT molecular complexity index is 793. The lowest BCUT2D eigenvalue weighted by atomic mass is 10.2. The van der Waals surface area contributed by atoms with Gasteiger partial charge < -0.3 is 15.5 Å². The zero-order chi connectivity index (χ0) is 18.4. The number of thiophene rings is 1. The van der Waals surface area contributed by atoms with Crippen LogP contribution >= 0.6 is 22.9 Å². The van der Waals surface area contributed by atoms with Crippen LogP contribution in [0.2, 0.25) is 4.34 Å². The molecule has 136 valence electrons. The number of nitrogens with zero attached hydrogens (tertiary/aromatic N) is 2. The number of anilines is 1. The van der Waals surface area contributed by atoms with E-state index >= 15 is 0 Å². The van der Waals surface area contributed by atoms with E-state index in [1.165, 1.54) is 17.4 Å². The number of hydrogen-bond acceptors (Lipinski definition) is 5. The molecule has 1 saturated heterocycles. The first-order chi connectivity index (χ1) is 12.6. The monoisotopic (exact) mass is 390 g/mol. The van der Waals surface area contributed by atoms with Crippen LogP contribution in [0.1, 0.15) is 11.3 Å². The van der Waals surface area contributed by atoms with Crippen molar-refractivity contribution < 1.29 is 9.59 Å². The molecule has 8 heteroatoms. The van der Waals surface area contributed by atoms with Crippen molar-refractivity contribution in [2.45, 2.75) is 12.5 Å². The highest BCUT2D eigenvalue weighted by Crippen LogP contribution is 2.22. The summed E-state index contributed by atoms with van der Waals surface area (Å²) in [6, 6.07) is 6.92. The number of hydrogen-bond donors (Lipinski definition) is 2. The molecular weight excluding hydrogens is 372 g/mol. The van der Waals surface area contributed by atoms with Gasteiger partial charge in [0.05, 0.1) is 4.34 Å². The summed E-state index contributed by atoms with van der Waals surface area (Å²) >= 11 is 7.25. The number of aromatic nitrogens is 1.